The van der Waals surface area contributed by atoms with E-state index >= 15 is 0 Å². The highest BCUT2D eigenvalue weighted by Gasteiger charge is 2.17. The smallest absolute Gasteiger partial charge is 0.350 e. The van der Waals surface area contributed by atoms with E-state index in [2.05, 4.69) is 9.46 Å². The topological polar surface area (TPSA) is 72.5 Å². The van der Waals surface area contributed by atoms with Crippen LogP contribution in [0.1, 0.15) is 15.2 Å². The minimum atomic E-state index is -3.74. The lowest BCUT2D eigenvalue weighted by molar-refractivity contribution is 0.0607. The Morgan fingerprint density at radius 1 is 1.27 bits per heavy atom. The summed E-state index contributed by atoms with van der Waals surface area (Å²) >= 11 is 6.86. The normalized spacial score (nSPS) is 11.5. The number of carbonyl (C=O) groups is 1. The van der Waals surface area contributed by atoms with E-state index in [9.17, 15) is 13.2 Å². The number of nitrogens with one attached hydrogen (secondary N) is 1. The zero-order chi connectivity index (χ0) is 16.2. The second kappa shape index (κ2) is 6.95. The van der Waals surface area contributed by atoms with Gasteiger partial charge in [0, 0.05) is 5.02 Å². The van der Waals surface area contributed by atoms with Crippen molar-refractivity contribution in [3.8, 4) is 0 Å². The van der Waals surface area contributed by atoms with Crippen molar-refractivity contribution in [3.63, 3.8) is 0 Å². The summed E-state index contributed by atoms with van der Waals surface area (Å²) in [6, 6.07) is 8.22. The number of hydrogen-bond acceptors (Lipinski definition) is 5. The monoisotopic (exact) mass is 357 g/mol. The molecule has 116 valence electrons. The van der Waals surface area contributed by atoms with Gasteiger partial charge < -0.3 is 4.74 Å². The molecule has 0 radical (unpaired) electrons. The Kier molecular flexibility index (Phi) is 5.23. The molecule has 2 aromatic rings. The van der Waals surface area contributed by atoms with Gasteiger partial charge in [0.25, 0.3) is 10.0 Å². The van der Waals surface area contributed by atoms with E-state index in [1.165, 1.54) is 19.3 Å². The van der Waals surface area contributed by atoms with Crippen molar-refractivity contribution < 1.29 is 17.9 Å². The fraction of sp³-hybridized carbons (Fsp3) is 0.0714. The number of anilines is 1. The molecule has 0 aliphatic rings. The van der Waals surface area contributed by atoms with Gasteiger partial charge in [0.2, 0.25) is 0 Å². The summed E-state index contributed by atoms with van der Waals surface area (Å²) in [5.41, 5.74) is 0.880. The van der Waals surface area contributed by atoms with Crippen LogP contribution >= 0.6 is 22.9 Å². The number of carbonyl (C=O) groups excluding carboxylic acids is 1. The van der Waals surface area contributed by atoms with Gasteiger partial charge in [0.15, 0.2) is 0 Å². The number of benzene rings is 1. The van der Waals surface area contributed by atoms with E-state index in [4.69, 9.17) is 11.6 Å². The van der Waals surface area contributed by atoms with Crippen molar-refractivity contribution >= 4 is 50.7 Å². The fourth-order valence-electron chi connectivity index (χ4n) is 1.57. The first-order valence-corrected chi connectivity index (χ1v) is 8.84. The summed E-state index contributed by atoms with van der Waals surface area (Å²) in [6.45, 7) is 0. The van der Waals surface area contributed by atoms with Gasteiger partial charge in [0.05, 0.1) is 18.2 Å². The Hall–Kier alpha value is -1.83. The van der Waals surface area contributed by atoms with Crippen LogP contribution in [0.3, 0.4) is 0 Å². The van der Waals surface area contributed by atoms with Crippen LogP contribution in [-0.2, 0) is 14.8 Å². The van der Waals surface area contributed by atoms with Crippen LogP contribution in [0.15, 0.2) is 41.1 Å². The molecule has 1 heterocycles. The van der Waals surface area contributed by atoms with E-state index in [0.29, 0.717) is 10.6 Å². The molecule has 22 heavy (non-hydrogen) atoms. The summed E-state index contributed by atoms with van der Waals surface area (Å²) in [5, 5.41) is 3.20. The summed E-state index contributed by atoms with van der Waals surface area (Å²) < 4.78 is 31.0. The fourth-order valence-corrected chi connectivity index (χ4v) is 3.41. The molecule has 0 spiro atoms. The maximum absolute atomic E-state index is 12.0. The van der Waals surface area contributed by atoms with E-state index in [1.807, 2.05) is 0 Å². The van der Waals surface area contributed by atoms with Crippen molar-refractivity contribution in [3.05, 3.63) is 56.6 Å². The van der Waals surface area contributed by atoms with Gasteiger partial charge in [-0.1, -0.05) is 23.7 Å². The third kappa shape index (κ3) is 4.33. The molecule has 0 atom stereocenters. The van der Waals surface area contributed by atoms with Gasteiger partial charge in [0.1, 0.15) is 4.88 Å². The number of ether oxygens (including phenoxy) is 1. The Morgan fingerprint density at radius 3 is 2.59 bits per heavy atom. The molecule has 8 heteroatoms. The Morgan fingerprint density at radius 2 is 1.95 bits per heavy atom. The van der Waals surface area contributed by atoms with Crippen LogP contribution in [0, 0.1) is 0 Å². The van der Waals surface area contributed by atoms with Crippen molar-refractivity contribution in [2.24, 2.45) is 0 Å². The molecule has 0 bridgehead atoms. The van der Waals surface area contributed by atoms with Crippen LogP contribution < -0.4 is 4.72 Å². The number of sulfonamides is 1. The summed E-state index contributed by atoms with van der Waals surface area (Å²) in [7, 11) is -2.50. The number of rotatable bonds is 5. The molecule has 1 aromatic carbocycles. The van der Waals surface area contributed by atoms with E-state index < -0.39 is 16.0 Å². The van der Waals surface area contributed by atoms with Crippen molar-refractivity contribution in [1.29, 1.82) is 0 Å². The van der Waals surface area contributed by atoms with Crippen LogP contribution in [0.2, 0.25) is 5.02 Å². The Labute approximate surface area is 137 Å². The number of methoxy groups -OCH3 is 1. The molecular weight excluding hydrogens is 346 g/mol. The second-order valence-corrected chi connectivity index (χ2v) is 7.08. The molecule has 0 amide bonds. The lowest BCUT2D eigenvalue weighted by Crippen LogP contribution is -2.11. The van der Waals surface area contributed by atoms with Crippen LogP contribution in [0.4, 0.5) is 5.69 Å². The maximum Gasteiger partial charge on any atom is 0.350 e. The second-order valence-electron chi connectivity index (χ2n) is 4.16. The zero-order valence-corrected chi connectivity index (χ0v) is 13.8. The lowest BCUT2D eigenvalue weighted by atomic mass is 10.2. The summed E-state index contributed by atoms with van der Waals surface area (Å²) in [5.74, 6) is -0.589. The molecule has 0 unspecified atom stereocenters. The molecular formula is C14H12ClNO4S2. The van der Waals surface area contributed by atoms with Crippen molar-refractivity contribution in [2.45, 2.75) is 0 Å². The zero-order valence-electron chi connectivity index (χ0n) is 11.4. The van der Waals surface area contributed by atoms with Gasteiger partial charge >= 0.3 is 5.97 Å². The highest BCUT2D eigenvalue weighted by molar-refractivity contribution is 7.95. The summed E-state index contributed by atoms with van der Waals surface area (Å²) in [6.07, 6.45) is 1.43. The molecule has 0 aliphatic heterocycles. The molecule has 1 aromatic heterocycles. The third-order valence-electron chi connectivity index (χ3n) is 2.60. The first-order chi connectivity index (χ1) is 10.4. The SMILES string of the molecule is COC(=O)c1sccc1NS(=O)(=O)/C=C/c1ccc(Cl)cc1. The molecule has 0 saturated heterocycles. The average molecular weight is 358 g/mol. The quantitative estimate of drug-likeness (QED) is 0.830. The molecule has 5 nitrogen and oxygen atoms in total. The van der Waals surface area contributed by atoms with E-state index in [0.717, 1.165) is 16.7 Å². The standard InChI is InChI=1S/C14H12ClNO4S2/c1-20-14(17)13-12(6-8-21-13)16-22(18,19)9-7-10-2-4-11(15)5-3-10/h2-9,16H,1H3/b9-7+. The van der Waals surface area contributed by atoms with E-state index in [1.54, 1.807) is 29.6 Å². The summed E-state index contributed by atoms with van der Waals surface area (Å²) in [4.78, 5) is 11.7. The van der Waals surface area contributed by atoms with Crippen LogP contribution in [0.25, 0.3) is 6.08 Å². The minimum Gasteiger partial charge on any atom is -0.465 e. The van der Waals surface area contributed by atoms with Crippen molar-refractivity contribution in [1.82, 2.24) is 0 Å². The lowest BCUT2D eigenvalue weighted by Gasteiger charge is -2.04. The predicted molar refractivity (Wildman–Crippen MR) is 88.7 cm³/mol. The minimum absolute atomic E-state index is 0.192. The Balaban J connectivity index is 2.16. The predicted octanol–water partition coefficient (Wildman–Crippen LogP) is 3.60. The largest absolute Gasteiger partial charge is 0.465 e. The first-order valence-electron chi connectivity index (χ1n) is 6.03. The highest BCUT2D eigenvalue weighted by atomic mass is 35.5. The molecule has 1 N–H and O–H groups in total. The van der Waals surface area contributed by atoms with Crippen LogP contribution in [-0.4, -0.2) is 21.5 Å². The number of esters is 1. The average Bonchev–Trinajstić information content (AvgIpc) is 2.93. The first kappa shape index (κ1) is 16.5. The molecule has 0 fully saturated rings. The number of halogens is 1. The van der Waals surface area contributed by atoms with Crippen LogP contribution in [0.5, 0.6) is 0 Å². The van der Waals surface area contributed by atoms with Gasteiger partial charge in [-0.25, -0.2) is 13.2 Å². The third-order valence-corrected chi connectivity index (χ3v) is 4.74. The number of hydrogen-bond donors (Lipinski definition) is 1. The van der Waals surface area contributed by atoms with Gasteiger partial charge in [-0.2, -0.15) is 0 Å². The van der Waals surface area contributed by atoms with Gasteiger partial charge in [-0.15, -0.1) is 11.3 Å². The van der Waals surface area contributed by atoms with E-state index in [-0.39, 0.29) is 10.6 Å². The van der Waals surface area contributed by atoms with Gasteiger partial charge in [-0.05, 0) is 35.2 Å². The number of thiophene rings is 1. The molecule has 2 rings (SSSR count). The molecule has 0 aliphatic carbocycles. The van der Waals surface area contributed by atoms with Crippen molar-refractivity contribution in [2.75, 3.05) is 11.8 Å². The molecule has 0 saturated carbocycles. The Bertz CT molecular complexity index is 795. The maximum atomic E-state index is 12.0. The highest BCUT2D eigenvalue weighted by Crippen LogP contribution is 2.24. The van der Waals surface area contributed by atoms with Gasteiger partial charge in [-0.3, -0.25) is 4.72 Å².